The molecule has 0 amide bonds. The van der Waals surface area contributed by atoms with Crippen LogP contribution in [-0.4, -0.2) is 19.0 Å². The van der Waals surface area contributed by atoms with Crippen molar-refractivity contribution in [1.29, 1.82) is 0 Å². The zero-order chi connectivity index (χ0) is 12.3. The smallest absolute Gasteiger partial charge is 0.00474 e. The van der Waals surface area contributed by atoms with Gasteiger partial charge in [-0.25, -0.2) is 0 Å². The maximum atomic E-state index is 4.13. The van der Waals surface area contributed by atoms with E-state index >= 15 is 0 Å². The third-order valence-electron chi connectivity index (χ3n) is 2.78. The van der Waals surface area contributed by atoms with Gasteiger partial charge >= 0.3 is 0 Å². The van der Waals surface area contributed by atoms with Crippen molar-refractivity contribution in [3.05, 3.63) is 72.3 Å². The molecule has 0 saturated carbocycles. The Hall–Kier alpha value is -1.50. The van der Waals surface area contributed by atoms with Gasteiger partial charge in [0.15, 0.2) is 0 Å². The monoisotopic (exact) mass is 279 g/mol. The summed E-state index contributed by atoms with van der Waals surface area (Å²) >= 11 is 0. The minimum atomic E-state index is 0. The molecule has 18 heavy (non-hydrogen) atoms. The summed E-state index contributed by atoms with van der Waals surface area (Å²) in [6.07, 6.45) is 2.13. The van der Waals surface area contributed by atoms with Gasteiger partial charge in [-0.2, -0.15) is 30.8 Å². The molecule has 0 aromatic heterocycles. The second kappa shape index (κ2) is 6.44. The van der Waals surface area contributed by atoms with Gasteiger partial charge in [0.05, 0.1) is 0 Å². The molecule has 2 rings (SSSR count). The molecule has 96 valence electrons. The Morgan fingerprint density at radius 3 is 1.83 bits per heavy atom. The van der Waals surface area contributed by atoms with Crippen molar-refractivity contribution in [3.8, 4) is 0 Å². The molecule has 0 fully saturated rings. The summed E-state index contributed by atoms with van der Waals surface area (Å²) in [6.45, 7) is 4.13. The van der Waals surface area contributed by atoms with E-state index in [9.17, 15) is 0 Å². The van der Waals surface area contributed by atoms with Gasteiger partial charge in [0.25, 0.3) is 0 Å². The predicted octanol–water partition coefficient (Wildman–Crippen LogP) is 3.74. The molecule has 0 unspecified atom stereocenters. The summed E-state index contributed by atoms with van der Waals surface area (Å²) in [7, 11) is 4.11. The number of hydrogen-bond donors (Lipinski definition) is 0. The quantitative estimate of drug-likeness (QED) is 0.468. The Morgan fingerprint density at radius 1 is 0.944 bits per heavy atom. The average molecular weight is 279 g/mol. The van der Waals surface area contributed by atoms with Crippen LogP contribution in [-0.2, 0) is 17.1 Å². The fourth-order valence-corrected chi connectivity index (χ4v) is 1.85. The van der Waals surface area contributed by atoms with Crippen LogP contribution in [0.3, 0.4) is 0 Å². The Morgan fingerprint density at radius 2 is 1.39 bits per heavy atom. The van der Waals surface area contributed by atoms with Gasteiger partial charge in [0.2, 0.25) is 0 Å². The van der Waals surface area contributed by atoms with E-state index in [0.717, 1.165) is 5.57 Å². The summed E-state index contributed by atoms with van der Waals surface area (Å²) in [6, 6.07) is 16.6. The second-order valence-electron chi connectivity index (χ2n) is 4.30. The predicted molar refractivity (Wildman–Crippen MR) is 74.8 cm³/mol. The first kappa shape index (κ1) is 14.6. The molecule has 2 aromatic rings. The second-order valence-corrected chi connectivity index (χ2v) is 4.30. The average Bonchev–Trinajstić information content (AvgIpc) is 2.97. The van der Waals surface area contributed by atoms with Crippen molar-refractivity contribution in [1.82, 2.24) is 4.90 Å². The third kappa shape index (κ3) is 3.25. The summed E-state index contributed by atoms with van der Waals surface area (Å²) in [4.78, 5) is 2.11. The van der Waals surface area contributed by atoms with Gasteiger partial charge in [-0.1, -0.05) is 11.1 Å². The van der Waals surface area contributed by atoms with Crippen molar-refractivity contribution in [2.75, 3.05) is 14.1 Å². The van der Waals surface area contributed by atoms with Crippen LogP contribution in [0.5, 0.6) is 0 Å². The van der Waals surface area contributed by atoms with Gasteiger partial charge in [-0.3, -0.25) is 0 Å². The van der Waals surface area contributed by atoms with E-state index in [1.807, 2.05) is 12.1 Å². The Bertz CT molecular complexity index is 501. The molecule has 0 radical (unpaired) electrons. The van der Waals surface area contributed by atoms with Crippen molar-refractivity contribution < 1.29 is 17.1 Å². The zero-order valence-electron chi connectivity index (χ0n) is 10.7. The van der Waals surface area contributed by atoms with Gasteiger partial charge in [-0.15, -0.1) is 35.9 Å². The first-order valence-corrected chi connectivity index (χ1v) is 5.70. The largest absolute Gasteiger partial charge is 0.391 e. The summed E-state index contributed by atoms with van der Waals surface area (Å²) in [5.74, 6) is 0. The molecule has 0 saturated heterocycles. The van der Waals surface area contributed by atoms with Gasteiger partial charge in [0, 0.05) is 31.2 Å². The topological polar surface area (TPSA) is 3.24 Å². The minimum absolute atomic E-state index is 0. The molecule has 0 N–H and O–H groups in total. The van der Waals surface area contributed by atoms with Gasteiger partial charge in [-0.05, 0) is 5.70 Å². The number of rotatable bonds is 4. The number of allylic oxidation sites excluding steroid dienone is 2. The van der Waals surface area contributed by atoms with Crippen molar-refractivity contribution in [3.63, 3.8) is 0 Å². The molecule has 2 heteroatoms. The minimum Gasteiger partial charge on any atom is -0.391 e. The van der Waals surface area contributed by atoms with E-state index in [0.29, 0.717) is 0 Å². The Labute approximate surface area is 120 Å². The van der Waals surface area contributed by atoms with Crippen LogP contribution in [0.15, 0.2) is 61.2 Å². The van der Waals surface area contributed by atoms with Crippen molar-refractivity contribution in [2.24, 2.45) is 0 Å². The van der Waals surface area contributed by atoms with Crippen LogP contribution in [0, 0.1) is 0 Å². The molecule has 0 aliphatic carbocycles. The molecular formula is C16H17FeN-2. The van der Waals surface area contributed by atoms with Gasteiger partial charge < -0.3 is 4.90 Å². The van der Waals surface area contributed by atoms with E-state index in [4.69, 9.17) is 0 Å². The molecule has 0 spiro atoms. The van der Waals surface area contributed by atoms with Crippen LogP contribution in [0.1, 0.15) is 11.1 Å². The molecular weight excluding hydrogens is 262 g/mol. The molecule has 1 nitrogen and oxygen atoms in total. The molecule has 0 atom stereocenters. The third-order valence-corrected chi connectivity index (χ3v) is 2.78. The van der Waals surface area contributed by atoms with E-state index in [1.165, 1.54) is 16.8 Å². The van der Waals surface area contributed by atoms with Crippen molar-refractivity contribution >= 4 is 11.3 Å². The molecule has 0 aliphatic rings. The van der Waals surface area contributed by atoms with Crippen LogP contribution in [0.25, 0.3) is 11.3 Å². The summed E-state index contributed by atoms with van der Waals surface area (Å²) < 4.78 is 0. The SMILES string of the molecule is C=C(C=C([c-]1cccc1)N(C)C)[c-]1cccc1.[Fe]. The summed E-state index contributed by atoms with van der Waals surface area (Å²) in [5, 5.41) is 0. The van der Waals surface area contributed by atoms with E-state index in [2.05, 4.69) is 68.0 Å². The van der Waals surface area contributed by atoms with Gasteiger partial charge in [0.1, 0.15) is 0 Å². The normalized spacial score (nSPS) is 10.9. The van der Waals surface area contributed by atoms with E-state index < -0.39 is 0 Å². The van der Waals surface area contributed by atoms with E-state index in [1.54, 1.807) is 0 Å². The fourth-order valence-electron chi connectivity index (χ4n) is 1.85. The molecule has 0 bridgehead atoms. The Balaban J connectivity index is 0.00000162. The van der Waals surface area contributed by atoms with Crippen LogP contribution < -0.4 is 0 Å². The summed E-state index contributed by atoms with van der Waals surface area (Å²) in [5.41, 5.74) is 4.62. The van der Waals surface area contributed by atoms with Crippen molar-refractivity contribution in [2.45, 2.75) is 0 Å². The maximum Gasteiger partial charge on any atom is 0.00474 e. The maximum absolute atomic E-state index is 4.13. The van der Waals surface area contributed by atoms with Crippen LogP contribution in [0.4, 0.5) is 0 Å². The van der Waals surface area contributed by atoms with Crippen LogP contribution >= 0.6 is 0 Å². The first-order chi connectivity index (χ1) is 8.18. The van der Waals surface area contributed by atoms with Crippen LogP contribution in [0.2, 0.25) is 0 Å². The standard InChI is InChI=1S/C16H17N.Fe/c1-13(14-8-4-5-9-14)12-16(17(2)3)15-10-6-7-11-15;/h4-12H,1H2,2-3H3;/q-2;. The fraction of sp³-hybridized carbons (Fsp3) is 0.125. The molecule has 0 aliphatic heterocycles. The molecule has 0 heterocycles. The molecule has 2 aromatic carbocycles. The van der Waals surface area contributed by atoms with E-state index in [-0.39, 0.29) is 17.1 Å². The number of nitrogens with zero attached hydrogens (tertiary/aromatic N) is 1. The first-order valence-electron chi connectivity index (χ1n) is 5.70. The zero-order valence-corrected chi connectivity index (χ0v) is 11.8. The number of hydrogen-bond acceptors (Lipinski definition) is 1. The Kier molecular flexibility index (Phi) is 5.21.